The maximum Gasteiger partial charge on any atom is 0.160 e. The van der Waals surface area contributed by atoms with Crippen LogP contribution in [0.25, 0.3) is 61.7 Å². The van der Waals surface area contributed by atoms with Crippen molar-refractivity contribution in [3.8, 4) is 56.2 Å². The predicted octanol–water partition coefficient (Wildman–Crippen LogP) is 9.22. The molecule has 0 aliphatic carbocycles. The van der Waals surface area contributed by atoms with Crippen molar-refractivity contribution in [1.29, 1.82) is 0 Å². The van der Waals surface area contributed by atoms with Crippen LogP contribution in [0, 0.1) is 0 Å². The molecule has 0 fully saturated rings. The van der Waals surface area contributed by atoms with Crippen LogP contribution < -0.4 is 0 Å². The molecular formula is C38H29N5. The molecule has 0 spiro atoms. The number of aromatic nitrogens is 4. The lowest BCUT2D eigenvalue weighted by atomic mass is 9.99. The minimum Gasteiger partial charge on any atom is -0.272 e. The van der Waals surface area contributed by atoms with E-state index in [0.717, 1.165) is 61.5 Å². The first kappa shape index (κ1) is 27.4. The Balaban J connectivity index is 1.50. The normalized spacial score (nSPS) is 11.5. The first-order valence-corrected chi connectivity index (χ1v) is 14.0. The maximum absolute atomic E-state index is 5.11. The molecule has 0 saturated carbocycles. The molecule has 5 heteroatoms. The number of benzene rings is 3. The molecule has 0 unspecified atom stereocenters. The van der Waals surface area contributed by atoms with E-state index in [-0.39, 0.29) is 0 Å². The average Bonchev–Trinajstić information content (AvgIpc) is 3.09. The van der Waals surface area contributed by atoms with Crippen molar-refractivity contribution in [2.75, 3.05) is 0 Å². The lowest BCUT2D eigenvalue weighted by Gasteiger charge is -2.12. The zero-order valence-corrected chi connectivity index (χ0v) is 23.8. The van der Waals surface area contributed by atoms with Crippen LogP contribution in [0.15, 0.2) is 151 Å². The predicted molar refractivity (Wildman–Crippen MR) is 177 cm³/mol. The lowest BCUT2D eigenvalue weighted by molar-refractivity contribution is 1.18. The third-order valence-corrected chi connectivity index (χ3v) is 7.19. The highest BCUT2D eigenvalue weighted by molar-refractivity contribution is 5.80. The van der Waals surface area contributed by atoms with Crippen LogP contribution >= 0.6 is 0 Å². The zero-order chi connectivity index (χ0) is 29.4. The summed E-state index contributed by atoms with van der Waals surface area (Å²) >= 11 is 0. The van der Waals surface area contributed by atoms with Gasteiger partial charge in [0.25, 0.3) is 0 Å². The standard InChI is InChI=1S/C38H29N5/c1-3-27(13-18-39-2)30-7-6-12-35(25-30)38-42-36(33-10-4-8-31(23-33)28-14-19-40-20-15-28)26-37(43-38)34-11-5-9-32(24-34)29-16-21-41-22-17-29/h3-26H,2H2,1H3/b18-13-,27-3+. The minimum atomic E-state index is 0.652. The summed E-state index contributed by atoms with van der Waals surface area (Å²) < 4.78 is 0. The summed E-state index contributed by atoms with van der Waals surface area (Å²) in [6.45, 7) is 5.57. The van der Waals surface area contributed by atoms with Gasteiger partial charge in [0.05, 0.1) is 11.4 Å². The highest BCUT2D eigenvalue weighted by Crippen LogP contribution is 2.32. The highest BCUT2D eigenvalue weighted by Gasteiger charge is 2.13. The Hall–Kier alpha value is -5.81. The van der Waals surface area contributed by atoms with Crippen LogP contribution in [-0.2, 0) is 0 Å². The number of hydrogen-bond acceptors (Lipinski definition) is 5. The van der Waals surface area contributed by atoms with Crippen LogP contribution in [0.2, 0.25) is 0 Å². The topological polar surface area (TPSA) is 63.9 Å². The van der Waals surface area contributed by atoms with Gasteiger partial charge in [0.15, 0.2) is 5.82 Å². The Bertz CT molecular complexity index is 1840. The summed E-state index contributed by atoms with van der Waals surface area (Å²) in [6.07, 6.45) is 12.9. The second kappa shape index (κ2) is 12.8. The van der Waals surface area contributed by atoms with E-state index < -0.39 is 0 Å². The number of aliphatic imine (C=N–C) groups is 1. The van der Waals surface area contributed by atoms with E-state index in [4.69, 9.17) is 9.97 Å². The number of pyridine rings is 2. The zero-order valence-electron chi connectivity index (χ0n) is 23.8. The lowest BCUT2D eigenvalue weighted by Crippen LogP contribution is -1.97. The average molecular weight is 556 g/mol. The van der Waals surface area contributed by atoms with Gasteiger partial charge >= 0.3 is 0 Å². The van der Waals surface area contributed by atoms with Gasteiger partial charge in [0.1, 0.15) is 0 Å². The quantitative estimate of drug-likeness (QED) is 0.139. The van der Waals surface area contributed by atoms with Crippen molar-refractivity contribution in [3.05, 3.63) is 152 Å². The molecule has 206 valence electrons. The molecule has 5 nitrogen and oxygen atoms in total. The Kier molecular flexibility index (Phi) is 8.14. The number of rotatable bonds is 8. The molecule has 6 rings (SSSR count). The van der Waals surface area contributed by atoms with Gasteiger partial charge in [-0.25, -0.2) is 9.97 Å². The fraction of sp³-hybridized carbons (Fsp3) is 0.0263. The Labute approximate surface area is 251 Å². The molecule has 0 saturated heterocycles. The first-order valence-electron chi connectivity index (χ1n) is 14.0. The van der Waals surface area contributed by atoms with E-state index >= 15 is 0 Å². The van der Waals surface area contributed by atoms with E-state index in [1.807, 2.05) is 68.1 Å². The Morgan fingerprint density at radius 2 is 1.09 bits per heavy atom. The number of hydrogen-bond donors (Lipinski definition) is 0. The summed E-state index contributed by atoms with van der Waals surface area (Å²) in [7, 11) is 0. The van der Waals surface area contributed by atoms with Gasteiger partial charge in [-0.3, -0.25) is 15.0 Å². The minimum absolute atomic E-state index is 0.652. The van der Waals surface area contributed by atoms with Gasteiger partial charge in [0, 0.05) is 47.7 Å². The summed E-state index contributed by atoms with van der Waals surface area (Å²) in [5, 5.41) is 0. The van der Waals surface area contributed by atoms with Gasteiger partial charge in [-0.1, -0.05) is 60.7 Å². The molecule has 0 aliphatic heterocycles. The monoisotopic (exact) mass is 555 g/mol. The van der Waals surface area contributed by atoms with Crippen molar-refractivity contribution in [2.24, 2.45) is 4.99 Å². The molecule has 0 amide bonds. The van der Waals surface area contributed by atoms with Crippen LogP contribution in [0.4, 0.5) is 0 Å². The maximum atomic E-state index is 5.11. The molecule has 0 atom stereocenters. The molecule has 0 N–H and O–H groups in total. The van der Waals surface area contributed by atoms with Gasteiger partial charge in [-0.2, -0.15) is 0 Å². The van der Waals surface area contributed by atoms with Gasteiger partial charge in [-0.05, 0) is 102 Å². The molecule has 3 aromatic heterocycles. The summed E-state index contributed by atoms with van der Waals surface area (Å²) in [4.78, 5) is 22.4. The molecule has 0 aliphatic rings. The molecule has 3 aromatic carbocycles. The van der Waals surface area contributed by atoms with Crippen molar-refractivity contribution < 1.29 is 0 Å². The van der Waals surface area contributed by atoms with Crippen LogP contribution in [-0.4, -0.2) is 26.7 Å². The van der Waals surface area contributed by atoms with Crippen LogP contribution in [0.3, 0.4) is 0 Å². The Morgan fingerprint density at radius 3 is 1.63 bits per heavy atom. The van der Waals surface area contributed by atoms with E-state index in [1.54, 1.807) is 6.20 Å². The highest BCUT2D eigenvalue weighted by atomic mass is 14.9. The van der Waals surface area contributed by atoms with Crippen molar-refractivity contribution in [1.82, 2.24) is 19.9 Å². The molecule has 0 bridgehead atoms. The van der Waals surface area contributed by atoms with E-state index in [0.29, 0.717) is 5.82 Å². The van der Waals surface area contributed by atoms with Crippen molar-refractivity contribution in [3.63, 3.8) is 0 Å². The molecule has 6 aromatic rings. The number of allylic oxidation sites excluding steroid dienone is 3. The molecule has 0 radical (unpaired) electrons. The summed E-state index contributed by atoms with van der Waals surface area (Å²) in [6, 6.07) is 35.3. The SMILES string of the molecule is C=N/C=C\C(=C/C)c1cccc(-c2nc(-c3cccc(-c4ccncc4)c3)cc(-c3cccc(-c4ccncc4)c3)n2)c1. The molecule has 43 heavy (non-hydrogen) atoms. The molecule has 3 heterocycles. The number of nitrogens with zero attached hydrogens (tertiary/aromatic N) is 5. The summed E-state index contributed by atoms with van der Waals surface area (Å²) in [5.41, 5.74) is 11.1. The van der Waals surface area contributed by atoms with Crippen molar-refractivity contribution in [2.45, 2.75) is 6.92 Å². The van der Waals surface area contributed by atoms with Gasteiger partial charge in [-0.15, -0.1) is 0 Å². The smallest absolute Gasteiger partial charge is 0.160 e. The third kappa shape index (κ3) is 6.26. The largest absolute Gasteiger partial charge is 0.272 e. The van der Waals surface area contributed by atoms with E-state index in [1.165, 1.54) is 0 Å². The molecular weight excluding hydrogens is 526 g/mol. The van der Waals surface area contributed by atoms with Crippen LogP contribution in [0.5, 0.6) is 0 Å². The van der Waals surface area contributed by atoms with Gasteiger partial charge in [0.2, 0.25) is 0 Å². The van der Waals surface area contributed by atoms with E-state index in [9.17, 15) is 0 Å². The second-order valence-electron chi connectivity index (χ2n) is 9.92. The fourth-order valence-electron chi connectivity index (χ4n) is 5.01. The summed E-state index contributed by atoms with van der Waals surface area (Å²) in [5.74, 6) is 0.652. The van der Waals surface area contributed by atoms with Gasteiger partial charge < -0.3 is 0 Å². The Morgan fingerprint density at radius 1 is 0.581 bits per heavy atom. The van der Waals surface area contributed by atoms with Crippen LogP contribution in [0.1, 0.15) is 12.5 Å². The van der Waals surface area contributed by atoms with E-state index in [2.05, 4.69) is 101 Å². The second-order valence-corrected chi connectivity index (χ2v) is 9.92. The first-order chi connectivity index (χ1) is 21.2. The van der Waals surface area contributed by atoms with Crippen molar-refractivity contribution >= 4 is 12.3 Å². The third-order valence-electron chi connectivity index (χ3n) is 7.19. The fourth-order valence-corrected chi connectivity index (χ4v) is 5.01.